The first-order chi connectivity index (χ1) is 12.4. The first-order valence-electron chi connectivity index (χ1n) is 9.42. The molecule has 26 heavy (non-hydrogen) atoms. The van der Waals surface area contributed by atoms with Gasteiger partial charge in [-0.15, -0.1) is 0 Å². The van der Waals surface area contributed by atoms with Gasteiger partial charge in [0.25, 0.3) is 0 Å². The van der Waals surface area contributed by atoms with Gasteiger partial charge in [-0.05, 0) is 38.1 Å². The molecule has 2 aliphatic rings. The number of carbonyl (C=O) groups excluding carboxylic acids is 1. The smallest absolute Gasteiger partial charge is 0.243 e. The molecule has 1 unspecified atom stereocenters. The van der Waals surface area contributed by atoms with Crippen LogP contribution in [0.4, 0.5) is 5.13 Å². The highest BCUT2D eigenvalue weighted by atomic mass is 32.1. The Balaban J connectivity index is 1.65. The standard InChI is InChI=1S/C19H28N4O2S/c1-19(2,3)16-15(11-20)26-18(21-16)22-17(24)14-5-4-8-23(14)12-13-6-9-25-10-7-13/h13-14H,4-10,12H2,1-3H3,(H,21,22,24). The van der Waals surface area contributed by atoms with Crippen LogP contribution in [0.3, 0.4) is 0 Å². The van der Waals surface area contributed by atoms with Crippen LogP contribution in [0, 0.1) is 17.2 Å². The van der Waals surface area contributed by atoms with Gasteiger partial charge in [-0.2, -0.15) is 5.26 Å². The third kappa shape index (κ3) is 4.43. The molecule has 1 amide bonds. The van der Waals surface area contributed by atoms with Crippen molar-refractivity contribution < 1.29 is 9.53 Å². The van der Waals surface area contributed by atoms with E-state index in [-0.39, 0.29) is 17.4 Å². The Morgan fingerprint density at radius 1 is 1.38 bits per heavy atom. The zero-order valence-electron chi connectivity index (χ0n) is 15.9. The molecule has 2 saturated heterocycles. The summed E-state index contributed by atoms with van der Waals surface area (Å²) in [5.41, 5.74) is 0.540. The number of hydrogen-bond acceptors (Lipinski definition) is 6. The summed E-state index contributed by atoms with van der Waals surface area (Å²) in [6.07, 6.45) is 4.10. The van der Waals surface area contributed by atoms with Crippen LogP contribution in [0.25, 0.3) is 0 Å². The van der Waals surface area contributed by atoms with Crippen LogP contribution >= 0.6 is 11.3 Å². The lowest BCUT2D eigenvalue weighted by Crippen LogP contribution is -2.42. The Kier molecular flexibility index (Phi) is 5.96. The topological polar surface area (TPSA) is 78.2 Å². The number of nitrogens with zero attached hydrogens (tertiary/aromatic N) is 3. The van der Waals surface area contributed by atoms with E-state index in [0.29, 0.717) is 15.9 Å². The number of nitrogens with one attached hydrogen (secondary N) is 1. The van der Waals surface area contributed by atoms with Crippen LogP contribution in [-0.2, 0) is 14.9 Å². The fourth-order valence-corrected chi connectivity index (χ4v) is 4.72. The van der Waals surface area contributed by atoms with Gasteiger partial charge in [0.05, 0.1) is 11.7 Å². The van der Waals surface area contributed by atoms with Gasteiger partial charge in [-0.1, -0.05) is 32.1 Å². The molecule has 0 aromatic carbocycles. The van der Waals surface area contributed by atoms with Gasteiger partial charge in [-0.25, -0.2) is 4.98 Å². The predicted molar refractivity (Wildman–Crippen MR) is 102 cm³/mol. The van der Waals surface area contributed by atoms with E-state index in [2.05, 4.69) is 21.3 Å². The average molecular weight is 377 g/mol. The Hall–Kier alpha value is -1.49. The summed E-state index contributed by atoms with van der Waals surface area (Å²) in [5, 5.41) is 12.9. The van der Waals surface area contributed by atoms with E-state index in [1.165, 1.54) is 11.3 Å². The molecular formula is C19H28N4O2S. The fourth-order valence-electron chi connectivity index (χ4n) is 3.75. The van der Waals surface area contributed by atoms with E-state index in [0.717, 1.165) is 57.7 Å². The summed E-state index contributed by atoms with van der Waals surface area (Å²) >= 11 is 1.27. The van der Waals surface area contributed by atoms with Crippen molar-refractivity contribution in [2.75, 3.05) is 31.6 Å². The minimum atomic E-state index is -0.215. The van der Waals surface area contributed by atoms with E-state index >= 15 is 0 Å². The van der Waals surface area contributed by atoms with Crippen molar-refractivity contribution >= 4 is 22.4 Å². The Bertz CT molecular complexity index is 683. The molecule has 1 aromatic heterocycles. The molecule has 0 spiro atoms. The maximum atomic E-state index is 12.8. The van der Waals surface area contributed by atoms with Crippen LogP contribution in [0.5, 0.6) is 0 Å². The number of aromatic nitrogens is 1. The Morgan fingerprint density at radius 3 is 2.73 bits per heavy atom. The van der Waals surface area contributed by atoms with Crippen molar-refractivity contribution in [2.24, 2.45) is 5.92 Å². The Morgan fingerprint density at radius 2 is 2.12 bits per heavy atom. The average Bonchev–Trinajstić information content (AvgIpc) is 3.22. The van der Waals surface area contributed by atoms with Gasteiger partial charge >= 0.3 is 0 Å². The monoisotopic (exact) mass is 376 g/mol. The van der Waals surface area contributed by atoms with Crippen molar-refractivity contribution in [3.8, 4) is 6.07 Å². The van der Waals surface area contributed by atoms with E-state index in [1.807, 2.05) is 20.8 Å². The maximum absolute atomic E-state index is 12.8. The molecule has 3 heterocycles. The number of anilines is 1. The maximum Gasteiger partial charge on any atom is 0.243 e. The highest BCUT2D eigenvalue weighted by molar-refractivity contribution is 7.16. The van der Waals surface area contributed by atoms with Gasteiger partial charge in [-0.3, -0.25) is 9.69 Å². The molecule has 1 aromatic rings. The van der Waals surface area contributed by atoms with Gasteiger partial charge in [0.1, 0.15) is 10.9 Å². The Labute approximate surface area is 159 Å². The van der Waals surface area contributed by atoms with Crippen LogP contribution in [-0.4, -0.2) is 48.1 Å². The van der Waals surface area contributed by atoms with Crippen molar-refractivity contribution in [3.63, 3.8) is 0 Å². The molecule has 0 radical (unpaired) electrons. The molecule has 142 valence electrons. The third-order valence-electron chi connectivity index (χ3n) is 5.17. The number of carbonyl (C=O) groups is 1. The summed E-state index contributed by atoms with van der Waals surface area (Å²) in [4.78, 5) is 20.3. The van der Waals surface area contributed by atoms with Crippen LogP contribution in [0.15, 0.2) is 0 Å². The number of nitriles is 1. The van der Waals surface area contributed by atoms with E-state index < -0.39 is 0 Å². The zero-order chi connectivity index (χ0) is 18.7. The van der Waals surface area contributed by atoms with E-state index in [9.17, 15) is 10.1 Å². The molecule has 1 N–H and O–H groups in total. The van der Waals surface area contributed by atoms with Crippen LogP contribution in [0.1, 0.15) is 57.0 Å². The molecule has 2 fully saturated rings. The number of amides is 1. The number of likely N-dealkylation sites (tertiary alicyclic amines) is 1. The summed E-state index contributed by atoms with van der Waals surface area (Å²) in [7, 11) is 0. The molecule has 3 rings (SSSR count). The summed E-state index contributed by atoms with van der Waals surface area (Å²) in [6, 6.07) is 2.12. The number of ether oxygens (including phenoxy) is 1. The molecule has 0 saturated carbocycles. The first kappa shape index (κ1) is 19.3. The van der Waals surface area contributed by atoms with Crippen molar-refractivity contribution in [3.05, 3.63) is 10.6 Å². The lowest BCUT2D eigenvalue weighted by molar-refractivity contribution is -0.120. The normalized spacial score (nSPS) is 22.3. The van der Waals surface area contributed by atoms with Gasteiger partial charge < -0.3 is 10.1 Å². The fraction of sp³-hybridized carbons (Fsp3) is 0.737. The van der Waals surface area contributed by atoms with Crippen LogP contribution < -0.4 is 5.32 Å². The second-order valence-electron chi connectivity index (χ2n) is 8.26. The first-order valence-corrected chi connectivity index (χ1v) is 10.2. The quantitative estimate of drug-likeness (QED) is 0.873. The number of rotatable bonds is 4. The second-order valence-corrected chi connectivity index (χ2v) is 9.26. The molecule has 1 atom stereocenters. The molecule has 6 nitrogen and oxygen atoms in total. The summed E-state index contributed by atoms with van der Waals surface area (Å²) in [5.74, 6) is 0.628. The highest BCUT2D eigenvalue weighted by Gasteiger charge is 2.33. The largest absolute Gasteiger partial charge is 0.381 e. The zero-order valence-corrected chi connectivity index (χ0v) is 16.7. The van der Waals surface area contributed by atoms with Crippen molar-refractivity contribution in [1.82, 2.24) is 9.88 Å². The predicted octanol–water partition coefficient (Wildman–Crippen LogP) is 3.14. The molecule has 0 bridgehead atoms. The third-order valence-corrected chi connectivity index (χ3v) is 6.04. The lowest BCUT2D eigenvalue weighted by atomic mass is 9.91. The number of thiazole rings is 1. The molecular weight excluding hydrogens is 348 g/mol. The molecule has 7 heteroatoms. The lowest BCUT2D eigenvalue weighted by Gasteiger charge is -2.30. The van der Waals surface area contributed by atoms with Gasteiger partial charge in [0.15, 0.2) is 5.13 Å². The minimum absolute atomic E-state index is 0.00765. The minimum Gasteiger partial charge on any atom is -0.381 e. The van der Waals surface area contributed by atoms with E-state index in [1.54, 1.807) is 0 Å². The number of hydrogen-bond donors (Lipinski definition) is 1. The molecule has 2 aliphatic heterocycles. The molecule has 0 aliphatic carbocycles. The highest BCUT2D eigenvalue weighted by Crippen LogP contribution is 2.32. The van der Waals surface area contributed by atoms with Gasteiger partial charge in [0.2, 0.25) is 5.91 Å². The van der Waals surface area contributed by atoms with Crippen LogP contribution in [0.2, 0.25) is 0 Å². The van der Waals surface area contributed by atoms with E-state index in [4.69, 9.17) is 4.74 Å². The summed E-state index contributed by atoms with van der Waals surface area (Å²) < 4.78 is 5.44. The van der Waals surface area contributed by atoms with Crippen molar-refractivity contribution in [2.45, 2.75) is 57.9 Å². The SMILES string of the molecule is CC(C)(C)c1nc(NC(=O)C2CCCN2CC2CCOCC2)sc1C#N. The van der Waals surface area contributed by atoms with Crippen molar-refractivity contribution in [1.29, 1.82) is 5.26 Å². The van der Waals surface area contributed by atoms with Gasteiger partial charge in [0, 0.05) is 25.2 Å². The summed E-state index contributed by atoms with van der Waals surface area (Å²) in [6.45, 7) is 9.70. The second kappa shape index (κ2) is 8.03.